The first-order chi connectivity index (χ1) is 20.3. The molecule has 1 atom stereocenters. The van der Waals surface area contributed by atoms with E-state index < -0.39 is 5.82 Å². The zero-order valence-corrected chi connectivity index (χ0v) is 24.7. The van der Waals surface area contributed by atoms with Crippen LogP contribution in [0.3, 0.4) is 0 Å². The second-order valence-corrected chi connectivity index (χ2v) is 10.9. The summed E-state index contributed by atoms with van der Waals surface area (Å²) in [6, 6.07) is 10.2. The van der Waals surface area contributed by atoms with Crippen LogP contribution in [0.15, 0.2) is 55.4 Å². The molecule has 0 radical (unpaired) electrons. The Kier molecular flexibility index (Phi) is 9.10. The average Bonchev–Trinajstić information content (AvgIpc) is 3.47. The summed E-state index contributed by atoms with van der Waals surface area (Å²) in [6.45, 7) is 5.70. The second kappa shape index (κ2) is 12.9. The van der Waals surface area contributed by atoms with Crippen molar-refractivity contribution in [2.24, 2.45) is 0 Å². The lowest BCUT2D eigenvalue weighted by Crippen LogP contribution is -2.42. The van der Waals surface area contributed by atoms with Crippen molar-refractivity contribution in [2.45, 2.75) is 31.3 Å². The Morgan fingerprint density at radius 2 is 1.95 bits per heavy atom. The van der Waals surface area contributed by atoms with E-state index in [0.717, 1.165) is 31.6 Å². The highest BCUT2D eigenvalue weighted by molar-refractivity contribution is 6.30. The number of hydroxylamine groups is 1. The van der Waals surface area contributed by atoms with Crippen LogP contribution in [-0.2, 0) is 9.63 Å². The number of benzene rings is 2. The molecule has 0 unspecified atom stereocenters. The van der Waals surface area contributed by atoms with Gasteiger partial charge in [-0.3, -0.25) is 9.63 Å². The SMILES string of the molecule is C=CC(=O)Nc1cc(Nc2cc(N3OCC[C@@H]3c3ccc(Cl)cc3F)ncn2)c(OC)cc1N1CCC(N(C)C)CC1. The Balaban J connectivity index is 1.43. The van der Waals surface area contributed by atoms with Crippen molar-refractivity contribution in [3.05, 3.63) is 71.8 Å². The van der Waals surface area contributed by atoms with Gasteiger partial charge in [0.05, 0.1) is 36.8 Å². The summed E-state index contributed by atoms with van der Waals surface area (Å²) in [5.74, 6) is 0.787. The highest BCUT2D eigenvalue weighted by Gasteiger charge is 2.31. The molecule has 0 spiro atoms. The quantitative estimate of drug-likeness (QED) is 0.308. The van der Waals surface area contributed by atoms with Gasteiger partial charge in [0.1, 0.15) is 23.7 Å². The van der Waals surface area contributed by atoms with Crippen LogP contribution in [0.1, 0.15) is 30.9 Å². The number of nitrogens with zero attached hydrogens (tertiary/aromatic N) is 5. The maximum atomic E-state index is 14.7. The number of hydrogen-bond donors (Lipinski definition) is 2. The summed E-state index contributed by atoms with van der Waals surface area (Å²) in [4.78, 5) is 31.5. The number of rotatable bonds is 9. The van der Waals surface area contributed by atoms with Crippen molar-refractivity contribution in [1.82, 2.24) is 14.9 Å². The number of ether oxygens (including phenoxy) is 1. The lowest BCUT2D eigenvalue weighted by molar-refractivity contribution is -0.111. The maximum Gasteiger partial charge on any atom is 0.247 e. The van der Waals surface area contributed by atoms with Gasteiger partial charge in [0, 0.05) is 48.3 Å². The predicted molar refractivity (Wildman–Crippen MR) is 163 cm³/mol. The van der Waals surface area contributed by atoms with E-state index in [1.54, 1.807) is 30.4 Å². The molecule has 2 aliphatic rings. The number of halogens is 2. The molecule has 0 aliphatic carbocycles. The van der Waals surface area contributed by atoms with Crippen LogP contribution in [-0.4, -0.2) is 67.7 Å². The van der Waals surface area contributed by atoms with Gasteiger partial charge in [-0.2, -0.15) is 0 Å². The standard InChI is InChI=1S/C30H35ClFN7O3/c1-5-30(40)36-23-15-24(27(41-4)16-26(23)38-11-8-20(9-12-38)37(2)3)35-28-17-29(34-18-33-28)39-25(10-13-42-39)21-7-6-19(31)14-22(21)32/h5-7,14-18,20,25H,1,8-13H2,2-4H3,(H,36,40)(H,33,34,35)/t25-/m1/s1. The summed E-state index contributed by atoms with van der Waals surface area (Å²) in [6.07, 6.45) is 5.25. The van der Waals surface area contributed by atoms with Crippen molar-refractivity contribution in [3.63, 3.8) is 0 Å². The summed E-state index contributed by atoms with van der Waals surface area (Å²) >= 11 is 5.96. The first-order valence-electron chi connectivity index (χ1n) is 13.8. The number of anilines is 5. The first kappa shape index (κ1) is 29.6. The number of hydrogen-bond acceptors (Lipinski definition) is 9. The molecule has 2 aliphatic heterocycles. The predicted octanol–water partition coefficient (Wildman–Crippen LogP) is 5.56. The zero-order chi connectivity index (χ0) is 29.8. The first-order valence-corrected chi connectivity index (χ1v) is 14.2. The molecule has 2 N–H and O–H groups in total. The lowest BCUT2D eigenvalue weighted by Gasteiger charge is -2.37. The number of amides is 1. The largest absolute Gasteiger partial charge is 0.494 e. The van der Waals surface area contributed by atoms with Gasteiger partial charge in [0.15, 0.2) is 5.82 Å². The van der Waals surface area contributed by atoms with Gasteiger partial charge in [-0.05, 0) is 51.2 Å². The van der Waals surface area contributed by atoms with Gasteiger partial charge in [-0.15, -0.1) is 0 Å². The molecular formula is C30H35ClFN7O3. The minimum Gasteiger partial charge on any atom is -0.494 e. The molecule has 1 amide bonds. The van der Waals surface area contributed by atoms with E-state index in [4.69, 9.17) is 21.2 Å². The van der Waals surface area contributed by atoms with Crippen LogP contribution in [0, 0.1) is 5.82 Å². The van der Waals surface area contributed by atoms with Crippen molar-refractivity contribution >= 4 is 46.2 Å². The van der Waals surface area contributed by atoms with Gasteiger partial charge in [-0.25, -0.2) is 19.4 Å². The van der Waals surface area contributed by atoms with Crippen LogP contribution in [0.2, 0.25) is 5.02 Å². The molecule has 1 aromatic heterocycles. The van der Waals surface area contributed by atoms with E-state index in [2.05, 4.69) is 51.1 Å². The zero-order valence-electron chi connectivity index (χ0n) is 23.9. The smallest absolute Gasteiger partial charge is 0.247 e. The molecular weight excluding hydrogens is 561 g/mol. The van der Waals surface area contributed by atoms with Crippen molar-refractivity contribution in [3.8, 4) is 5.75 Å². The summed E-state index contributed by atoms with van der Waals surface area (Å²) in [5, 5.41) is 8.16. The van der Waals surface area contributed by atoms with Crippen molar-refractivity contribution < 1.29 is 18.8 Å². The Bertz CT molecular complexity index is 1450. The molecule has 42 heavy (non-hydrogen) atoms. The van der Waals surface area contributed by atoms with E-state index in [1.165, 1.54) is 18.5 Å². The molecule has 2 aromatic carbocycles. The van der Waals surface area contributed by atoms with E-state index in [1.807, 2.05) is 12.1 Å². The van der Waals surface area contributed by atoms with Crippen LogP contribution >= 0.6 is 11.6 Å². The van der Waals surface area contributed by atoms with Gasteiger partial charge in [0.2, 0.25) is 5.91 Å². The third kappa shape index (κ3) is 6.43. The van der Waals surface area contributed by atoms with Crippen LogP contribution in [0.5, 0.6) is 5.75 Å². The van der Waals surface area contributed by atoms with Gasteiger partial charge < -0.3 is 25.2 Å². The molecule has 12 heteroatoms. The second-order valence-electron chi connectivity index (χ2n) is 10.5. The number of methoxy groups -OCH3 is 1. The molecule has 5 rings (SSSR count). The fraction of sp³-hybridized carbons (Fsp3) is 0.367. The lowest BCUT2D eigenvalue weighted by atomic mass is 10.0. The number of carbonyl (C=O) groups excluding carboxylic acids is 1. The highest BCUT2D eigenvalue weighted by Crippen LogP contribution is 2.41. The number of aromatic nitrogens is 2. The van der Waals surface area contributed by atoms with Gasteiger partial charge in [-0.1, -0.05) is 24.2 Å². The maximum absolute atomic E-state index is 14.7. The van der Waals surface area contributed by atoms with Crippen LogP contribution in [0.4, 0.5) is 33.1 Å². The van der Waals surface area contributed by atoms with Crippen LogP contribution < -0.4 is 25.3 Å². The molecule has 222 valence electrons. The molecule has 10 nitrogen and oxygen atoms in total. The fourth-order valence-electron chi connectivity index (χ4n) is 5.43. The average molecular weight is 596 g/mol. The Labute approximate surface area is 250 Å². The third-order valence-electron chi connectivity index (χ3n) is 7.66. The fourth-order valence-corrected chi connectivity index (χ4v) is 5.59. The topological polar surface area (TPSA) is 95.1 Å². The van der Waals surface area contributed by atoms with E-state index >= 15 is 0 Å². The monoisotopic (exact) mass is 595 g/mol. The summed E-state index contributed by atoms with van der Waals surface area (Å²) in [7, 11) is 5.80. The summed E-state index contributed by atoms with van der Waals surface area (Å²) in [5.41, 5.74) is 2.56. The summed E-state index contributed by atoms with van der Waals surface area (Å²) < 4.78 is 20.5. The minimum absolute atomic E-state index is 0.313. The molecule has 3 aromatic rings. The minimum atomic E-state index is -0.403. The van der Waals surface area contributed by atoms with E-state index in [9.17, 15) is 9.18 Å². The van der Waals surface area contributed by atoms with Crippen molar-refractivity contribution in [2.75, 3.05) is 61.5 Å². The Morgan fingerprint density at radius 3 is 2.64 bits per heavy atom. The molecule has 0 bridgehead atoms. The van der Waals surface area contributed by atoms with Crippen LogP contribution in [0.25, 0.3) is 0 Å². The van der Waals surface area contributed by atoms with E-state index in [0.29, 0.717) is 58.4 Å². The normalized spacial score (nSPS) is 17.4. The molecule has 2 fully saturated rings. The van der Waals surface area contributed by atoms with Gasteiger partial charge >= 0.3 is 0 Å². The van der Waals surface area contributed by atoms with Crippen molar-refractivity contribution in [1.29, 1.82) is 0 Å². The number of carbonyl (C=O) groups is 1. The number of piperidine rings is 1. The highest BCUT2D eigenvalue weighted by atomic mass is 35.5. The Hall–Kier alpha value is -3.93. The molecule has 3 heterocycles. The molecule has 0 saturated carbocycles. The van der Waals surface area contributed by atoms with E-state index in [-0.39, 0.29) is 11.9 Å². The van der Waals surface area contributed by atoms with Gasteiger partial charge in [0.25, 0.3) is 0 Å². The number of nitrogens with one attached hydrogen (secondary N) is 2. The third-order valence-corrected chi connectivity index (χ3v) is 7.90. The Morgan fingerprint density at radius 1 is 1.17 bits per heavy atom. The molecule has 2 saturated heterocycles.